The van der Waals surface area contributed by atoms with Crippen LogP contribution in [0.25, 0.3) is 0 Å². The molecule has 0 aliphatic rings. The van der Waals surface area contributed by atoms with Crippen LogP contribution in [-0.2, 0) is 6.54 Å². The predicted octanol–water partition coefficient (Wildman–Crippen LogP) is 1.79. The third-order valence-corrected chi connectivity index (χ3v) is 2.87. The quantitative estimate of drug-likeness (QED) is 0.799. The van der Waals surface area contributed by atoms with Gasteiger partial charge in [-0.25, -0.2) is 0 Å². The summed E-state index contributed by atoms with van der Waals surface area (Å²) in [5, 5.41) is 4.50. The largest absolute Gasteiger partial charge is 0.330 e. The number of rotatable bonds is 3. The molecule has 0 atom stereocenters. The molecular weight excluding hydrogens is 174 g/mol. The first-order chi connectivity index (χ1) is 6.37. The highest BCUT2D eigenvalue weighted by Gasteiger charge is 2.19. The second kappa shape index (κ2) is 3.73. The van der Waals surface area contributed by atoms with Gasteiger partial charge in [-0.05, 0) is 38.3 Å². The summed E-state index contributed by atoms with van der Waals surface area (Å²) in [7, 11) is 0. The number of aromatic nitrogens is 2. The summed E-state index contributed by atoms with van der Waals surface area (Å²) in [6.07, 6.45) is 0. The van der Waals surface area contributed by atoms with Crippen LogP contribution in [0.3, 0.4) is 0 Å². The van der Waals surface area contributed by atoms with E-state index in [4.69, 9.17) is 5.73 Å². The van der Waals surface area contributed by atoms with Crippen molar-refractivity contribution in [3.05, 3.63) is 17.0 Å². The molecule has 1 rings (SSSR count). The van der Waals surface area contributed by atoms with Gasteiger partial charge in [0, 0.05) is 12.2 Å². The smallest absolute Gasteiger partial charge is 0.0625 e. The Kier molecular flexibility index (Phi) is 3.00. The van der Waals surface area contributed by atoms with Gasteiger partial charge >= 0.3 is 0 Å². The fourth-order valence-corrected chi connectivity index (χ4v) is 1.41. The van der Waals surface area contributed by atoms with Crippen molar-refractivity contribution in [2.24, 2.45) is 11.1 Å². The molecule has 1 heterocycles. The molecule has 0 amide bonds. The van der Waals surface area contributed by atoms with Gasteiger partial charge in [0.2, 0.25) is 0 Å². The molecule has 0 aromatic carbocycles. The maximum atomic E-state index is 5.71. The lowest BCUT2D eigenvalue weighted by Gasteiger charge is -2.22. The second-order valence-electron chi connectivity index (χ2n) is 4.82. The SMILES string of the molecule is Cc1nn(CC(C)(C)CN)c(C)c1C. The van der Waals surface area contributed by atoms with Crippen LogP contribution in [-0.4, -0.2) is 16.3 Å². The van der Waals surface area contributed by atoms with Crippen molar-refractivity contribution < 1.29 is 0 Å². The highest BCUT2D eigenvalue weighted by atomic mass is 15.3. The van der Waals surface area contributed by atoms with Crippen LogP contribution < -0.4 is 5.73 Å². The number of hydrogen-bond acceptors (Lipinski definition) is 2. The summed E-state index contributed by atoms with van der Waals surface area (Å²) in [5.41, 5.74) is 9.49. The molecule has 14 heavy (non-hydrogen) atoms. The van der Waals surface area contributed by atoms with E-state index in [0.29, 0.717) is 6.54 Å². The molecule has 2 N–H and O–H groups in total. The van der Waals surface area contributed by atoms with E-state index in [1.54, 1.807) is 0 Å². The standard InChI is InChI=1S/C11H21N3/c1-8-9(2)13-14(10(8)3)7-11(4,5)6-12/h6-7,12H2,1-5H3. The first-order valence-electron chi connectivity index (χ1n) is 5.08. The zero-order chi connectivity index (χ0) is 10.9. The molecule has 0 saturated heterocycles. The minimum Gasteiger partial charge on any atom is -0.330 e. The molecule has 1 aromatic rings. The molecule has 80 valence electrons. The van der Waals surface area contributed by atoms with Gasteiger partial charge in [0.25, 0.3) is 0 Å². The normalized spacial score (nSPS) is 12.1. The van der Waals surface area contributed by atoms with Crippen LogP contribution in [0.5, 0.6) is 0 Å². The first-order valence-corrected chi connectivity index (χ1v) is 5.08. The molecule has 0 fully saturated rings. The molecule has 0 radical (unpaired) electrons. The Balaban J connectivity index is 2.93. The van der Waals surface area contributed by atoms with Crippen molar-refractivity contribution in [2.45, 2.75) is 41.2 Å². The Morgan fingerprint density at radius 2 is 1.86 bits per heavy atom. The van der Waals surface area contributed by atoms with Gasteiger partial charge in [-0.3, -0.25) is 4.68 Å². The highest BCUT2D eigenvalue weighted by molar-refractivity contribution is 5.22. The highest BCUT2D eigenvalue weighted by Crippen LogP contribution is 2.19. The molecule has 0 aliphatic carbocycles. The van der Waals surface area contributed by atoms with E-state index in [1.165, 1.54) is 11.3 Å². The van der Waals surface area contributed by atoms with E-state index in [1.807, 2.05) is 6.92 Å². The van der Waals surface area contributed by atoms with Crippen molar-refractivity contribution in [2.75, 3.05) is 6.54 Å². The number of nitrogens with two attached hydrogens (primary N) is 1. The van der Waals surface area contributed by atoms with E-state index in [0.717, 1.165) is 12.2 Å². The fraction of sp³-hybridized carbons (Fsp3) is 0.727. The lowest BCUT2D eigenvalue weighted by atomic mass is 9.94. The van der Waals surface area contributed by atoms with Gasteiger partial charge in [-0.15, -0.1) is 0 Å². The summed E-state index contributed by atoms with van der Waals surface area (Å²) in [4.78, 5) is 0. The van der Waals surface area contributed by atoms with Crippen molar-refractivity contribution in [1.82, 2.24) is 9.78 Å². The maximum absolute atomic E-state index is 5.71. The first kappa shape index (κ1) is 11.2. The van der Waals surface area contributed by atoms with Crippen LogP contribution in [0, 0.1) is 26.2 Å². The van der Waals surface area contributed by atoms with Gasteiger partial charge in [0.15, 0.2) is 0 Å². The molecule has 3 nitrogen and oxygen atoms in total. The zero-order valence-electron chi connectivity index (χ0n) is 9.89. The topological polar surface area (TPSA) is 43.8 Å². The van der Waals surface area contributed by atoms with Crippen molar-refractivity contribution >= 4 is 0 Å². The number of aryl methyl sites for hydroxylation is 1. The van der Waals surface area contributed by atoms with Crippen molar-refractivity contribution in [3.8, 4) is 0 Å². The van der Waals surface area contributed by atoms with Crippen LogP contribution >= 0.6 is 0 Å². The molecule has 0 unspecified atom stereocenters. The summed E-state index contributed by atoms with van der Waals surface area (Å²) in [6, 6.07) is 0. The third-order valence-electron chi connectivity index (χ3n) is 2.87. The summed E-state index contributed by atoms with van der Waals surface area (Å²) < 4.78 is 2.07. The lowest BCUT2D eigenvalue weighted by molar-refractivity contribution is 0.298. The average Bonchev–Trinajstić information content (AvgIpc) is 2.33. The van der Waals surface area contributed by atoms with E-state index in [9.17, 15) is 0 Å². The average molecular weight is 195 g/mol. The van der Waals surface area contributed by atoms with E-state index >= 15 is 0 Å². The molecule has 1 aromatic heterocycles. The van der Waals surface area contributed by atoms with Gasteiger partial charge < -0.3 is 5.73 Å². The Morgan fingerprint density at radius 3 is 2.21 bits per heavy atom. The minimum absolute atomic E-state index is 0.121. The Bertz CT molecular complexity index is 324. The summed E-state index contributed by atoms with van der Waals surface area (Å²) >= 11 is 0. The molecule has 0 aliphatic heterocycles. The third kappa shape index (κ3) is 2.15. The second-order valence-corrected chi connectivity index (χ2v) is 4.82. The van der Waals surface area contributed by atoms with Crippen LogP contribution in [0.4, 0.5) is 0 Å². The predicted molar refractivity (Wildman–Crippen MR) is 59.3 cm³/mol. The molecule has 0 spiro atoms. The summed E-state index contributed by atoms with van der Waals surface area (Å²) in [6.45, 7) is 12.2. The van der Waals surface area contributed by atoms with Crippen molar-refractivity contribution in [3.63, 3.8) is 0 Å². The Labute approximate surface area is 86.3 Å². The van der Waals surface area contributed by atoms with Crippen LogP contribution in [0.1, 0.15) is 30.8 Å². The number of nitrogens with zero attached hydrogens (tertiary/aromatic N) is 2. The maximum Gasteiger partial charge on any atom is 0.0625 e. The van der Waals surface area contributed by atoms with Gasteiger partial charge in [-0.2, -0.15) is 5.10 Å². The lowest BCUT2D eigenvalue weighted by Crippen LogP contribution is -2.29. The van der Waals surface area contributed by atoms with Crippen molar-refractivity contribution in [1.29, 1.82) is 0 Å². The minimum atomic E-state index is 0.121. The zero-order valence-corrected chi connectivity index (χ0v) is 9.89. The number of hydrogen-bond donors (Lipinski definition) is 1. The monoisotopic (exact) mass is 195 g/mol. The molecule has 0 bridgehead atoms. The van der Waals surface area contributed by atoms with Gasteiger partial charge in [0.1, 0.15) is 0 Å². The van der Waals surface area contributed by atoms with E-state index in [-0.39, 0.29) is 5.41 Å². The fourth-order valence-electron chi connectivity index (χ4n) is 1.41. The molecule has 3 heteroatoms. The molecule has 0 saturated carbocycles. The Morgan fingerprint density at radius 1 is 1.29 bits per heavy atom. The summed E-state index contributed by atoms with van der Waals surface area (Å²) in [5.74, 6) is 0. The van der Waals surface area contributed by atoms with Crippen LogP contribution in [0.2, 0.25) is 0 Å². The molecular formula is C11H21N3. The van der Waals surface area contributed by atoms with E-state index in [2.05, 4.69) is 37.5 Å². The van der Waals surface area contributed by atoms with E-state index < -0.39 is 0 Å². The van der Waals surface area contributed by atoms with Gasteiger partial charge in [0.05, 0.1) is 5.69 Å². The van der Waals surface area contributed by atoms with Gasteiger partial charge in [-0.1, -0.05) is 13.8 Å². The van der Waals surface area contributed by atoms with Crippen LogP contribution in [0.15, 0.2) is 0 Å². The Hall–Kier alpha value is -0.830.